The second-order valence-electron chi connectivity index (χ2n) is 5.34. The van der Waals surface area contributed by atoms with Gasteiger partial charge in [0.2, 0.25) is 0 Å². The van der Waals surface area contributed by atoms with E-state index in [1.807, 2.05) is 0 Å². The first kappa shape index (κ1) is 23.4. The molecule has 124 valence electrons. The van der Waals surface area contributed by atoms with Crippen LogP contribution in [0.15, 0.2) is 0 Å². The zero-order chi connectivity index (χ0) is 15.6. The van der Waals surface area contributed by atoms with Crippen molar-refractivity contribution >= 4 is 46.4 Å². The lowest BCUT2D eigenvalue weighted by Gasteiger charge is -2.07. The molecule has 0 rings (SSSR count). The summed E-state index contributed by atoms with van der Waals surface area (Å²) in [5, 5.41) is 0. The third kappa shape index (κ3) is 17.2. The molecule has 4 heteroatoms. The monoisotopic (exact) mass is 364 g/mol. The Morgan fingerprint density at radius 1 is 0.550 bits per heavy atom. The summed E-state index contributed by atoms with van der Waals surface area (Å²) in [5.74, 6) is 3.94. The van der Waals surface area contributed by atoms with Gasteiger partial charge in [-0.1, -0.05) is 52.4 Å². The number of alkyl halides is 4. The molecule has 0 nitrogen and oxygen atoms in total. The van der Waals surface area contributed by atoms with E-state index in [2.05, 4.69) is 13.8 Å². The van der Waals surface area contributed by atoms with Crippen molar-refractivity contribution < 1.29 is 0 Å². The van der Waals surface area contributed by atoms with Crippen LogP contribution in [0.4, 0.5) is 0 Å². The normalized spacial score (nSPS) is 10.8. The first-order valence-electron chi connectivity index (χ1n) is 7.93. The van der Waals surface area contributed by atoms with E-state index in [0.29, 0.717) is 35.4 Å². The third-order valence-electron chi connectivity index (χ3n) is 3.30. The summed E-state index contributed by atoms with van der Waals surface area (Å²) in [4.78, 5) is 0. The Morgan fingerprint density at radius 3 is 1.05 bits per heavy atom. The van der Waals surface area contributed by atoms with E-state index in [-0.39, 0.29) is 0 Å². The summed E-state index contributed by atoms with van der Waals surface area (Å²) in [5.41, 5.74) is 0. The smallest absolute Gasteiger partial charge is 0.0263 e. The van der Waals surface area contributed by atoms with E-state index in [4.69, 9.17) is 46.4 Å². The first-order chi connectivity index (χ1) is 9.69. The number of hydrogen-bond donors (Lipinski definition) is 0. The molecule has 0 aliphatic carbocycles. The van der Waals surface area contributed by atoms with Crippen LogP contribution in [0, 0.1) is 11.8 Å². The molecule has 0 N–H and O–H groups in total. The van der Waals surface area contributed by atoms with E-state index in [9.17, 15) is 0 Å². The van der Waals surface area contributed by atoms with Crippen LogP contribution >= 0.6 is 46.4 Å². The maximum absolute atomic E-state index is 5.66. The molecule has 0 atom stereocenters. The largest absolute Gasteiger partial charge is 0.126 e. The Hall–Kier alpha value is 1.16. The fourth-order valence-electron chi connectivity index (χ4n) is 1.76. The molecule has 0 amide bonds. The summed E-state index contributed by atoms with van der Waals surface area (Å²) in [6, 6.07) is 0. The Labute approximate surface area is 146 Å². The minimum atomic E-state index is 0.537. The molecular formula is C16H32Cl4. The Bertz CT molecular complexity index is 139. The molecule has 20 heavy (non-hydrogen) atoms. The van der Waals surface area contributed by atoms with Crippen molar-refractivity contribution in [1.82, 2.24) is 0 Å². The Balaban J connectivity index is 0. The van der Waals surface area contributed by atoms with Gasteiger partial charge in [-0.25, -0.2) is 0 Å². The number of unbranched alkanes of at least 4 members (excludes halogenated alkanes) is 4. The van der Waals surface area contributed by atoms with Crippen LogP contribution in [-0.4, -0.2) is 23.5 Å². The van der Waals surface area contributed by atoms with Gasteiger partial charge < -0.3 is 0 Å². The van der Waals surface area contributed by atoms with Crippen LogP contribution in [0.3, 0.4) is 0 Å². The summed E-state index contributed by atoms with van der Waals surface area (Å²) in [6.45, 7) is 4.41. The van der Waals surface area contributed by atoms with E-state index in [1.54, 1.807) is 0 Å². The van der Waals surface area contributed by atoms with Crippen molar-refractivity contribution in [2.24, 2.45) is 11.8 Å². The summed E-state index contributed by atoms with van der Waals surface area (Å²) < 4.78 is 0. The molecule has 0 heterocycles. The van der Waals surface area contributed by atoms with Crippen LogP contribution in [-0.2, 0) is 0 Å². The van der Waals surface area contributed by atoms with Gasteiger partial charge in [-0.3, -0.25) is 0 Å². The third-order valence-corrected chi connectivity index (χ3v) is 5.05. The lowest BCUT2D eigenvalue weighted by molar-refractivity contribution is 0.543. The molecule has 0 aromatic rings. The standard InChI is InChI=1S/2C8H16Cl2/c2*1-2-3-4-5-8(6-9)7-10/h2*8H,2-7H2,1H3. The molecule has 0 saturated carbocycles. The van der Waals surface area contributed by atoms with Gasteiger partial charge in [0, 0.05) is 23.5 Å². The van der Waals surface area contributed by atoms with Gasteiger partial charge in [0.1, 0.15) is 0 Å². The topological polar surface area (TPSA) is 0 Å². The highest BCUT2D eigenvalue weighted by Gasteiger charge is 2.04. The van der Waals surface area contributed by atoms with Gasteiger partial charge in [0.25, 0.3) is 0 Å². The Morgan fingerprint density at radius 2 is 0.850 bits per heavy atom. The first-order valence-corrected chi connectivity index (χ1v) is 10.1. The van der Waals surface area contributed by atoms with Gasteiger partial charge in [0.05, 0.1) is 0 Å². The van der Waals surface area contributed by atoms with Crippen molar-refractivity contribution in [1.29, 1.82) is 0 Å². The minimum Gasteiger partial charge on any atom is -0.126 e. The Kier molecular flexibility index (Phi) is 23.6. The van der Waals surface area contributed by atoms with Crippen LogP contribution in [0.5, 0.6) is 0 Å². The highest BCUT2D eigenvalue weighted by atomic mass is 35.5. The minimum absolute atomic E-state index is 0.537. The van der Waals surface area contributed by atoms with E-state index in [0.717, 1.165) is 0 Å². The van der Waals surface area contributed by atoms with Gasteiger partial charge in [-0.05, 0) is 24.7 Å². The second-order valence-corrected chi connectivity index (χ2v) is 6.58. The maximum atomic E-state index is 5.66. The van der Waals surface area contributed by atoms with Crippen LogP contribution in [0.25, 0.3) is 0 Å². The van der Waals surface area contributed by atoms with Crippen molar-refractivity contribution in [3.8, 4) is 0 Å². The molecule has 0 unspecified atom stereocenters. The van der Waals surface area contributed by atoms with E-state index >= 15 is 0 Å². The van der Waals surface area contributed by atoms with Crippen LogP contribution in [0.1, 0.15) is 65.2 Å². The molecule has 0 aliphatic heterocycles. The van der Waals surface area contributed by atoms with Crippen molar-refractivity contribution in [2.45, 2.75) is 65.2 Å². The molecule has 0 bridgehead atoms. The summed E-state index contributed by atoms with van der Waals surface area (Å²) in [7, 11) is 0. The summed E-state index contributed by atoms with van der Waals surface area (Å²) in [6.07, 6.45) is 10.1. The molecule has 0 fully saturated rings. The zero-order valence-corrected chi connectivity index (χ0v) is 16.2. The van der Waals surface area contributed by atoms with Crippen molar-refractivity contribution in [3.05, 3.63) is 0 Å². The number of hydrogen-bond acceptors (Lipinski definition) is 0. The predicted molar refractivity (Wildman–Crippen MR) is 98.1 cm³/mol. The lowest BCUT2D eigenvalue weighted by Crippen LogP contribution is -2.03. The van der Waals surface area contributed by atoms with Crippen molar-refractivity contribution in [3.63, 3.8) is 0 Å². The SMILES string of the molecule is CCCCCC(CCl)CCl.CCCCCC(CCl)CCl. The number of rotatable bonds is 12. The van der Waals surface area contributed by atoms with Gasteiger partial charge in [-0.2, -0.15) is 0 Å². The fourth-order valence-corrected chi connectivity index (χ4v) is 3.03. The molecule has 0 aromatic carbocycles. The van der Waals surface area contributed by atoms with Crippen LogP contribution in [0.2, 0.25) is 0 Å². The van der Waals surface area contributed by atoms with Gasteiger partial charge in [-0.15, -0.1) is 46.4 Å². The fraction of sp³-hybridized carbons (Fsp3) is 1.00. The quantitative estimate of drug-likeness (QED) is 0.251. The molecule has 0 aromatic heterocycles. The molecular weight excluding hydrogens is 334 g/mol. The lowest BCUT2D eigenvalue weighted by atomic mass is 10.1. The van der Waals surface area contributed by atoms with Gasteiger partial charge >= 0.3 is 0 Å². The maximum Gasteiger partial charge on any atom is 0.0263 e. The summed E-state index contributed by atoms with van der Waals surface area (Å²) >= 11 is 22.6. The van der Waals surface area contributed by atoms with Crippen LogP contribution < -0.4 is 0 Å². The molecule has 0 aliphatic rings. The highest BCUT2D eigenvalue weighted by molar-refractivity contribution is 6.21. The highest BCUT2D eigenvalue weighted by Crippen LogP contribution is 2.13. The second kappa shape index (κ2) is 20.2. The average molecular weight is 366 g/mol. The predicted octanol–water partition coefficient (Wildman–Crippen LogP) is 7.32. The van der Waals surface area contributed by atoms with E-state index < -0.39 is 0 Å². The molecule has 0 spiro atoms. The molecule has 0 radical (unpaired) electrons. The van der Waals surface area contributed by atoms with Crippen molar-refractivity contribution in [2.75, 3.05) is 23.5 Å². The molecule has 0 saturated heterocycles. The van der Waals surface area contributed by atoms with Gasteiger partial charge in [0.15, 0.2) is 0 Å². The average Bonchev–Trinajstić information content (AvgIpc) is 2.49. The van der Waals surface area contributed by atoms with E-state index in [1.165, 1.54) is 51.4 Å². The number of halogens is 4. The zero-order valence-electron chi connectivity index (χ0n) is 13.2.